The number of ether oxygens (including phenoxy) is 1. The van der Waals surface area contributed by atoms with Gasteiger partial charge in [-0.3, -0.25) is 14.3 Å². The highest BCUT2D eigenvalue weighted by atomic mass is 19.1. The molecule has 0 spiro atoms. The highest BCUT2D eigenvalue weighted by Gasteiger charge is 2.50. The molecule has 8 nitrogen and oxygen atoms in total. The van der Waals surface area contributed by atoms with Crippen LogP contribution in [0.25, 0.3) is 10.9 Å². The number of halogens is 1. The molecule has 4 aliphatic rings. The maximum Gasteiger partial charge on any atom is 0.257 e. The molecule has 2 amide bonds. The zero-order valence-electron chi connectivity index (χ0n) is 26.8. The average molecular weight is 636 g/mol. The third-order valence-corrected chi connectivity index (χ3v) is 11.0. The normalized spacial score (nSPS) is 24.7. The highest BCUT2D eigenvalue weighted by molar-refractivity contribution is 5.99. The van der Waals surface area contributed by atoms with Crippen molar-refractivity contribution in [1.82, 2.24) is 14.7 Å². The van der Waals surface area contributed by atoms with Crippen molar-refractivity contribution in [2.75, 3.05) is 23.8 Å². The topological polar surface area (TPSA) is 88.5 Å². The number of carbonyl (C=O) groups excluding carboxylic acids is 2. The van der Waals surface area contributed by atoms with Gasteiger partial charge in [0.25, 0.3) is 5.91 Å². The van der Waals surface area contributed by atoms with E-state index in [1.807, 2.05) is 34.0 Å². The molecule has 4 aromatic rings. The molecular weight excluding hydrogens is 593 g/mol. The van der Waals surface area contributed by atoms with Crippen LogP contribution in [0.4, 0.5) is 15.8 Å². The first-order valence-electron chi connectivity index (χ1n) is 17.2. The van der Waals surface area contributed by atoms with Crippen molar-refractivity contribution in [1.29, 1.82) is 0 Å². The van der Waals surface area contributed by atoms with Crippen molar-refractivity contribution in [3.8, 4) is 0 Å². The lowest BCUT2D eigenvalue weighted by Gasteiger charge is -2.48. The lowest BCUT2D eigenvalue weighted by molar-refractivity contribution is -0.125. The van der Waals surface area contributed by atoms with Gasteiger partial charge in [-0.25, -0.2) is 4.39 Å². The zero-order valence-corrected chi connectivity index (χ0v) is 26.8. The minimum Gasteiger partial charge on any atom is -0.382 e. The van der Waals surface area contributed by atoms with Crippen LogP contribution >= 0.6 is 0 Å². The molecule has 9 heteroatoms. The maximum absolute atomic E-state index is 15.4. The Morgan fingerprint density at radius 1 is 0.936 bits per heavy atom. The first-order valence-corrected chi connectivity index (χ1v) is 17.2. The fraction of sp³-hybridized carbons (Fsp3) is 0.447. The summed E-state index contributed by atoms with van der Waals surface area (Å²) in [6.45, 7) is 3.03. The van der Waals surface area contributed by atoms with Crippen molar-refractivity contribution < 1.29 is 18.7 Å². The molecule has 2 N–H and O–H groups in total. The third kappa shape index (κ3) is 5.58. The number of aromatic nitrogens is 2. The molecule has 244 valence electrons. The second-order valence-corrected chi connectivity index (χ2v) is 14.0. The number of fused-ring (bicyclic) bond motifs is 2. The van der Waals surface area contributed by atoms with Crippen LogP contribution in [0.1, 0.15) is 84.9 Å². The first-order chi connectivity index (χ1) is 22.9. The molecule has 4 fully saturated rings. The van der Waals surface area contributed by atoms with Crippen LogP contribution in [0, 0.1) is 24.6 Å². The molecule has 2 saturated heterocycles. The molecule has 8 rings (SSSR count). The van der Waals surface area contributed by atoms with Crippen LogP contribution in [0.2, 0.25) is 0 Å². The molecule has 3 aromatic carbocycles. The van der Waals surface area contributed by atoms with E-state index in [9.17, 15) is 9.59 Å². The number of nitrogens with one attached hydrogen (secondary N) is 2. The lowest BCUT2D eigenvalue weighted by Crippen LogP contribution is -2.54. The number of anilines is 2. The summed E-state index contributed by atoms with van der Waals surface area (Å²) in [6, 6.07) is 19.0. The van der Waals surface area contributed by atoms with E-state index in [1.54, 1.807) is 19.1 Å². The van der Waals surface area contributed by atoms with Crippen LogP contribution in [0.3, 0.4) is 0 Å². The van der Waals surface area contributed by atoms with Gasteiger partial charge in [0.1, 0.15) is 5.82 Å². The summed E-state index contributed by atoms with van der Waals surface area (Å²) in [7, 11) is 0. The molecule has 2 aliphatic carbocycles. The van der Waals surface area contributed by atoms with E-state index in [0.29, 0.717) is 36.9 Å². The van der Waals surface area contributed by atoms with E-state index < -0.39 is 17.8 Å². The van der Waals surface area contributed by atoms with Crippen LogP contribution in [-0.2, 0) is 9.53 Å². The largest absolute Gasteiger partial charge is 0.382 e. The van der Waals surface area contributed by atoms with Gasteiger partial charge in [0.2, 0.25) is 5.91 Å². The van der Waals surface area contributed by atoms with Crippen LogP contribution < -0.4 is 10.6 Å². The highest BCUT2D eigenvalue weighted by Crippen LogP contribution is 2.49. The molecule has 0 bridgehead atoms. The summed E-state index contributed by atoms with van der Waals surface area (Å²) < 4.78 is 22.8. The predicted molar refractivity (Wildman–Crippen MR) is 180 cm³/mol. The summed E-state index contributed by atoms with van der Waals surface area (Å²) in [5, 5.41) is 12.5. The molecule has 0 radical (unpaired) electrons. The Hall–Kier alpha value is -4.24. The van der Waals surface area contributed by atoms with Crippen molar-refractivity contribution in [3.63, 3.8) is 0 Å². The zero-order chi connectivity index (χ0) is 32.1. The van der Waals surface area contributed by atoms with Gasteiger partial charge in [-0.15, -0.1) is 0 Å². The van der Waals surface area contributed by atoms with E-state index in [0.717, 1.165) is 41.4 Å². The number of hydrogen-bond acceptors (Lipinski definition) is 5. The molecule has 4 atom stereocenters. The van der Waals surface area contributed by atoms with Crippen molar-refractivity contribution in [2.45, 2.75) is 82.5 Å². The number of rotatable bonds is 7. The van der Waals surface area contributed by atoms with Gasteiger partial charge in [-0.1, -0.05) is 43.5 Å². The molecule has 2 saturated carbocycles. The molecule has 0 unspecified atom stereocenters. The third-order valence-electron chi connectivity index (χ3n) is 11.0. The van der Waals surface area contributed by atoms with Gasteiger partial charge in [0.15, 0.2) is 0 Å². The van der Waals surface area contributed by atoms with Crippen molar-refractivity contribution in [3.05, 3.63) is 89.4 Å². The Balaban J connectivity index is 1.16. The van der Waals surface area contributed by atoms with Gasteiger partial charge in [-0.05, 0) is 92.5 Å². The minimum atomic E-state index is -0.539. The Bertz CT molecular complexity index is 1770. The fourth-order valence-electron chi connectivity index (χ4n) is 8.55. The van der Waals surface area contributed by atoms with Gasteiger partial charge in [0, 0.05) is 28.8 Å². The quantitative estimate of drug-likeness (QED) is 0.221. The summed E-state index contributed by atoms with van der Waals surface area (Å²) in [5.74, 6) is -1.33. The smallest absolute Gasteiger partial charge is 0.257 e. The van der Waals surface area contributed by atoms with Gasteiger partial charge < -0.3 is 20.3 Å². The Kier molecular flexibility index (Phi) is 7.95. The summed E-state index contributed by atoms with van der Waals surface area (Å²) in [4.78, 5) is 30.9. The van der Waals surface area contributed by atoms with Gasteiger partial charge in [-0.2, -0.15) is 5.10 Å². The monoisotopic (exact) mass is 635 g/mol. The SMILES string of the molecule is Cc1cccc(F)c1C(=O)N1[C@@H]2CCC[C@@H]2C[C@H](C(=O)Nc2ccc3cnn(C4COC4)c3c2)[C@@H]1c1ccc(NC2CCCC2)cc1. The van der Waals surface area contributed by atoms with Crippen LogP contribution in [0.15, 0.2) is 66.9 Å². The van der Waals surface area contributed by atoms with E-state index in [-0.39, 0.29) is 35.4 Å². The number of amides is 2. The first kappa shape index (κ1) is 30.1. The second-order valence-electron chi connectivity index (χ2n) is 14.0. The number of nitrogens with zero attached hydrogens (tertiary/aromatic N) is 3. The molecule has 2 aliphatic heterocycles. The molecule has 3 heterocycles. The van der Waals surface area contributed by atoms with E-state index >= 15 is 4.39 Å². The Labute approximate surface area is 274 Å². The number of hydrogen-bond donors (Lipinski definition) is 2. The lowest BCUT2D eigenvalue weighted by atomic mass is 9.76. The molecular formula is C38H42FN5O3. The Morgan fingerprint density at radius 2 is 1.72 bits per heavy atom. The maximum atomic E-state index is 15.4. The summed E-state index contributed by atoms with van der Waals surface area (Å²) in [6.07, 6.45) is 10.1. The van der Waals surface area contributed by atoms with Gasteiger partial charge >= 0.3 is 0 Å². The summed E-state index contributed by atoms with van der Waals surface area (Å²) in [5.41, 5.74) is 4.28. The van der Waals surface area contributed by atoms with Crippen molar-refractivity contribution >= 4 is 34.1 Å². The number of piperidine rings is 1. The number of carbonyl (C=O) groups is 2. The molecule has 47 heavy (non-hydrogen) atoms. The summed E-state index contributed by atoms with van der Waals surface area (Å²) >= 11 is 0. The van der Waals surface area contributed by atoms with Crippen LogP contribution in [0.5, 0.6) is 0 Å². The number of aryl methyl sites for hydroxylation is 1. The van der Waals surface area contributed by atoms with Crippen molar-refractivity contribution in [2.24, 2.45) is 11.8 Å². The fourth-order valence-corrected chi connectivity index (χ4v) is 8.55. The standard InChI is InChI=1S/C38H42FN5O3/c1-23-6-4-10-32(39)35(23)38(46)43-33-11-5-7-25(33)18-31(36(43)24-12-15-28(16-13-24)41-27-8-2-3-9-27)37(45)42-29-17-14-26-20-40-44(34(26)19-29)30-21-47-22-30/h4,6,10,12-17,19-20,25,27,30-31,33,36,41H,2-3,5,7-9,11,18,21-22H2,1H3,(H,42,45)/t25-,31+,33-,36+/m1/s1. The Morgan fingerprint density at radius 3 is 2.47 bits per heavy atom. The van der Waals surface area contributed by atoms with E-state index in [1.165, 1.54) is 31.7 Å². The van der Waals surface area contributed by atoms with E-state index in [4.69, 9.17) is 4.74 Å². The number of benzene rings is 3. The predicted octanol–water partition coefficient (Wildman–Crippen LogP) is 7.42. The minimum absolute atomic E-state index is 0.0535. The second kappa shape index (κ2) is 12.4. The molecule has 1 aromatic heterocycles. The average Bonchev–Trinajstić information content (AvgIpc) is 3.82. The number of likely N-dealkylation sites (tertiary alicyclic amines) is 1. The van der Waals surface area contributed by atoms with Crippen LogP contribution in [-0.4, -0.2) is 51.8 Å². The van der Waals surface area contributed by atoms with Gasteiger partial charge in [0.05, 0.1) is 48.5 Å². The van der Waals surface area contributed by atoms with E-state index in [2.05, 4.69) is 40.0 Å².